The van der Waals surface area contributed by atoms with E-state index < -0.39 is 0 Å². The summed E-state index contributed by atoms with van der Waals surface area (Å²) in [5.41, 5.74) is 1.89. The molecule has 1 aromatic carbocycles. The lowest BCUT2D eigenvalue weighted by Gasteiger charge is -2.11. The molecule has 3 aromatic rings. The summed E-state index contributed by atoms with van der Waals surface area (Å²) in [4.78, 5) is 24.2. The zero-order valence-corrected chi connectivity index (χ0v) is 14.4. The summed E-state index contributed by atoms with van der Waals surface area (Å²) in [6.45, 7) is 2.14. The predicted octanol–water partition coefficient (Wildman–Crippen LogP) is 1.17. The van der Waals surface area contributed by atoms with E-state index in [1.807, 2.05) is 13.0 Å². The van der Waals surface area contributed by atoms with Crippen molar-refractivity contribution in [1.29, 1.82) is 0 Å². The number of anilines is 1. The molecular formula is C17H18N6O3. The molecule has 0 aliphatic heterocycles. The van der Waals surface area contributed by atoms with Crippen molar-refractivity contribution in [3.8, 4) is 11.4 Å². The van der Waals surface area contributed by atoms with E-state index in [2.05, 4.69) is 20.8 Å². The molecule has 0 saturated carbocycles. The highest BCUT2D eigenvalue weighted by atomic mass is 16.5. The first kappa shape index (κ1) is 17.3. The maximum atomic E-state index is 12.3. The Balaban J connectivity index is 1.73. The van der Waals surface area contributed by atoms with Gasteiger partial charge in [-0.25, -0.2) is 4.68 Å². The zero-order valence-electron chi connectivity index (χ0n) is 14.4. The van der Waals surface area contributed by atoms with Gasteiger partial charge in [0.2, 0.25) is 5.91 Å². The van der Waals surface area contributed by atoms with Gasteiger partial charge in [0.15, 0.2) is 0 Å². The van der Waals surface area contributed by atoms with Gasteiger partial charge >= 0.3 is 0 Å². The molecule has 0 radical (unpaired) electrons. The molecule has 9 nitrogen and oxygen atoms in total. The molecule has 0 aliphatic carbocycles. The summed E-state index contributed by atoms with van der Waals surface area (Å²) < 4.78 is 8.29. The Labute approximate surface area is 149 Å². The Morgan fingerprint density at radius 3 is 2.81 bits per heavy atom. The monoisotopic (exact) mass is 354 g/mol. The van der Waals surface area contributed by atoms with Gasteiger partial charge in [-0.15, -0.1) is 5.10 Å². The van der Waals surface area contributed by atoms with Crippen molar-refractivity contribution in [2.24, 2.45) is 0 Å². The number of rotatable bonds is 6. The summed E-state index contributed by atoms with van der Waals surface area (Å²) in [7, 11) is 1.54. The molecule has 9 heteroatoms. The predicted molar refractivity (Wildman–Crippen MR) is 94.4 cm³/mol. The Morgan fingerprint density at radius 2 is 2.12 bits per heavy atom. The molecule has 26 heavy (non-hydrogen) atoms. The second kappa shape index (κ2) is 7.60. The number of pyridine rings is 1. The third kappa shape index (κ3) is 3.94. The molecule has 0 fully saturated rings. The third-order valence-corrected chi connectivity index (χ3v) is 3.85. The summed E-state index contributed by atoms with van der Waals surface area (Å²) in [5, 5.41) is 13.8. The van der Waals surface area contributed by atoms with Gasteiger partial charge in [0.05, 0.1) is 12.8 Å². The largest absolute Gasteiger partial charge is 0.497 e. The van der Waals surface area contributed by atoms with Crippen LogP contribution in [-0.2, 0) is 11.3 Å². The lowest BCUT2D eigenvalue weighted by Crippen LogP contribution is -2.24. The lowest BCUT2D eigenvalue weighted by atomic mass is 10.2. The van der Waals surface area contributed by atoms with E-state index in [-0.39, 0.29) is 17.9 Å². The average molecular weight is 354 g/mol. The molecule has 2 aromatic heterocycles. The Kier molecular flexibility index (Phi) is 5.07. The van der Waals surface area contributed by atoms with Crippen LogP contribution in [0.4, 0.5) is 5.69 Å². The maximum Gasteiger partial charge on any atom is 0.250 e. The van der Waals surface area contributed by atoms with Crippen molar-refractivity contribution >= 4 is 11.6 Å². The quantitative estimate of drug-likeness (QED) is 0.713. The molecule has 0 saturated heterocycles. The number of tetrazole rings is 1. The van der Waals surface area contributed by atoms with Gasteiger partial charge in [0.1, 0.15) is 12.1 Å². The van der Waals surface area contributed by atoms with Gasteiger partial charge in [-0.1, -0.05) is 6.07 Å². The van der Waals surface area contributed by atoms with Crippen molar-refractivity contribution < 1.29 is 9.53 Å². The summed E-state index contributed by atoms with van der Waals surface area (Å²) in [6.07, 6.45) is 1.62. The fourth-order valence-electron chi connectivity index (χ4n) is 2.53. The Morgan fingerprint density at radius 1 is 1.27 bits per heavy atom. The third-order valence-electron chi connectivity index (χ3n) is 3.85. The SMILES string of the molecule is COc1cc(NC(=O)CCn2c(C)cccc2=O)cc(-n2cnnn2)c1. The number of amides is 1. The zero-order chi connectivity index (χ0) is 18.5. The molecule has 2 heterocycles. The topological polar surface area (TPSA) is 104 Å². The Bertz CT molecular complexity index is 965. The summed E-state index contributed by atoms with van der Waals surface area (Å²) in [6, 6.07) is 10.2. The molecule has 0 bridgehead atoms. The highest BCUT2D eigenvalue weighted by Crippen LogP contribution is 2.23. The first-order valence-corrected chi connectivity index (χ1v) is 7.95. The minimum absolute atomic E-state index is 0.125. The van der Waals surface area contributed by atoms with Crippen molar-refractivity contribution in [3.63, 3.8) is 0 Å². The summed E-state index contributed by atoms with van der Waals surface area (Å²) in [5.74, 6) is 0.347. The number of nitrogens with one attached hydrogen (secondary N) is 1. The second-order valence-electron chi connectivity index (χ2n) is 5.63. The number of aromatic nitrogens is 5. The van der Waals surface area contributed by atoms with E-state index in [1.165, 1.54) is 24.2 Å². The van der Waals surface area contributed by atoms with Crippen LogP contribution in [0, 0.1) is 6.92 Å². The normalized spacial score (nSPS) is 10.5. The van der Waals surface area contributed by atoms with Crippen LogP contribution in [0.2, 0.25) is 0 Å². The summed E-state index contributed by atoms with van der Waals surface area (Å²) >= 11 is 0. The standard InChI is InChI=1S/C17H18N6O3/c1-12-4-3-5-17(25)22(12)7-6-16(24)19-13-8-14(10-15(9-13)26-2)23-11-18-20-21-23/h3-5,8-11H,6-7H2,1-2H3,(H,19,24). The van der Waals surface area contributed by atoms with Gasteiger partial charge in [-0.05, 0) is 29.5 Å². The molecular weight excluding hydrogens is 336 g/mol. The molecule has 0 unspecified atom stereocenters. The number of carbonyl (C=O) groups is 1. The van der Waals surface area contributed by atoms with Crippen molar-refractivity contribution in [3.05, 3.63) is 58.8 Å². The lowest BCUT2D eigenvalue weighted by molar-refractivity contribution is -0.116. The number of ether oxygens (including phenoxy) is 1. The minimum atomic E-state index is -0.212. The van der Waals surface area contributed by atoms with Crippen molar-refractivity contribution in [2.75, 3.05) is 12.4 Å². The molecule has 0 atom stereocenters. The van der Waals surface area contributed by atoms with Crippen LogP contribution >= 0.6 is 0 Å². The molecule has 1 amide bonds. The van der Waals surface area contributed by atoms with Crippen LogP contribution in [0.25, 0.3) is 5.69 Å². The fourth-order valence-corrected chi connectivity index (χ4v) is 2.53. The van der Waals surface area contributed by atoms with E-state index in [9.17, 15) is 9.59 Å². The number of hydrogen-bond donors (Lipinski definition) is 1. The van der Waals surface area contributed by atoms with Crippen LogP contribution in [0.3, 0.4) is 0 Å². The average Bonchev–Trinajstić information content (AvgIpc) is 3.15. The first-order valence-electron chi connectivity index (χ1n) is 7.95. The van der Waals surface area contributed by atoms with Crippen LogP contribution in [0.5, 0.6) is 5.75 Å². The highest BCUT2D eigenvalue weighted by molar-refractivity contribution is 5.91. The number of hydrogen-bond acceptors (Lipinski definition) is 6. The smallest absolute Gasteiger partial charge is 0.250 e. The molecule has 0 aliphatic rings. The van der Waals surface area contributed by atoms with E-state index in [1.54, 1.807) is 28.8 Å². The van der Waals surface area contributed by atoms with E-state index >= 15 is 0 Å². The second-order valence-corrected chi connectivity index (χ2v) is 5.63. The maximum absolute atomic E-state index is 12.3. The van der Waals surface area contributed by atoms with Gasteiger partial charge in [-0.2, -0.15) is 0 Å². The van der Waals surface area contributed by atoms with Gasteiger partial charge in [0.25, 0.3) is 5.56 Å². The van der Waals surface area contributed by atoms with Crippen LogP contribution in [0.1, 0.15) is 12.1 Å². The minimum Gasteiger partial charge on any atom is -0.497 e. The molecule has 0 spiro atoms. The molecule has 134 valence electrons. The fraction of sp³-hybridized carbons (Fsp3) is 0.235. The van der Waals surface area contributed by atoms with Gasteiger partial charge in [0, 0.05) is 42.5 Å². The molecule has 1 N–H and O–H groups in total. The van der Waals surface area contributed by atoms with Gasteiger partial charge < -0.3 is 14.6 Å². The van der Waals surface area contributed by atoms with Crippen LogP contribution in [0.15, 0.2) is 47.5 Å². The van der Waals surface area contributed by atoms with Crippen molar-refractivity contribution in [1.82, 2.24) is 24.8 Å². The van der Waals surface area contributed by atoms with E-state index in [4.69, 9.17) is 4.74 Å². The van der Waals surface area contributed by atoms with E-state index in [0.717, 1.165) is 5.69 Å². The number of nitrogens with zero attached hydrogens (tertiary/aromatic N) is 5. The number of benzene rings is 1. The molecule has 3 rings (SSSR count). The number of carbonyl (C=O) groups excluding carboxylic acids is 1. The number of methoxy groups -OCH3 is 1. The van der Waals surface area contributed by atoms with Crippen molar-refractivity contribution in [2.45, 2.75) is 19.9 Å². The van der Waals surface area contributed by atoms with Gasteiger partial charge in [-0.3, -0.25) is 9.59 Å². The Hall–Kier alpha value is -3.49. The van der Waals surface area contributed by atoms with Crippen LogP contribution in [-0.4, -0.2) is 37.8 Å². The first-order chi connectivity index (χ1) is 12.6. The highest BCUT2D eigenvalue weighted by Gasteiger charge is 2.09. The van der Waals surface area contributed by atoms with E-state index in [0.29, 0.717) is 23.7 Å². The van der Waals surface area contributed by atoms with Crippen LogP contribution < -0.4 is 15.6 Å². The number of aryl methyl sites for hydroxylation is 1.